The van der Waals surface area contributed by atoms with Crippen LogP contribution in [0.3, 0.4) is 0 Å². The summed E-state index contributed by atoms with van der Waals surface area (Å²) in [6.45, 7) is 6.42. The van der Waals surface area contributed by atoms with E-state index in [0.717, 1.165) is 44.2 Å². The molecule has 1 N–H and O–H groups in total. The van der Waals surface area contributed by atoms with Gasteiger partial charge in [-0.25, -0.2) is 9.97 Å². The summed E-state index contributed by atoms with van der Waals surface area (Å²) < 4.78 is 11.1. The van der Waals surface area contributed by atoms with Gasteiger partial charge in [-0.3, -0.25) is 4.90 Å². The summed E-state index contributed by atoms with van der Waals surface area (Å²) in [7, 11) is 0. The van der Waals surface area contributed by atoms with Crippen LogP contribution in [0.1, 0.15) is 11.5 Å². The van der Waals surface area contributed by atoms with E-state index < -0.39 is 0 Å². The lowest BCUT2D eigenvalue weighted by Gasteiger charge is -2.19. The smallest absolute Gasteiger partial charge is 0.222 e. The molecule has 2 aliphatic rings. The third-order valence-corrected chi connectivity index (χ3v) is 4.67. The van der Waals surface area contributed by atoms with Gasteiger partial charge in [0.1, 0.15) is 5.76 Å². The van der Waals surface area contributed by atoms with Crippen molar-refractivity contribution in [3.8, 4) is 0 Å². The molecule has 0 radical (unpaired) electrons. The summed E-state index contributed by atoms with van der Waals surface area (Å²) in [5.41, 5.74) is 0.995. The van der Waals surface area contributed by atoms with Crippen molar-refractivity contribution in [1.29, 1.82) is 0 Å². The maximum atomic E-state index is 5.98. The van der Waals surface area contributed by atoms with Crippen LogP contribution in [0.5, 0.6) is 0 Å². The summed E-state index contributed by atoms with van der Waals surface area (Å²) in [6, 6.07) is 3.82. The SMILES string of the molecule is Cc1cc(CN2C[C@H]3[C@H](CNc4ncccn4)CO[C@H]3C2)no1. The van der Waals surface area contributed by atoms with Crippen LogP contribution in [0, 0.1) is 18.8 Å². The van der Waals surface area contributed by atoms with Gasteiger partial charge in [0.05, 0.1) is 18.4 Å². The highest BCUT2D eigenvalue weighted by molar-refractivity contribution is 5.22. The first-order valence-electron chi connectivity index (χ1n) is 8.05. The Morgan fingerprint density at radius 1 is 1.30 bits per heavy atom. The van der Waals surface area contributed by atoms with Gasteiger partial charge in [-0.15, -0.1) is 0 Å². The van der Waals surface area contributed by atoms with Crippen molar-refractivity contribution in [1.82, 2.24) is 20.0 Å². The monoisotopic (exact) mass is 315 g/mol. The van der Waals surface area contributed by atoms with Crippen LogP contribution in [0.2, 0.25) is 0 Å². The summed E-state index contributed by atoms with van der Waals surface area (Å²) in [6.07, 6.45) is 3.83. The number of aromatic nitrogens is 3. The molecule has 0 aliphatic carbocycles. The standard InChI is InChI=1S/C16H21N5O2/c1-11-5-13(20-23-11)7-21-8-14-12(10-22-15(14)9-21)6-19-16-17-3-2-4-18-16/h2-5,12,14-15H,6-10H2,1H3,(H,17,18,19)/t12-,14+,15+/m1/s1. The first-order valence-corrected chi connectivity index (χ1v) is 8.05. The molecule has 0 amide bonds. The zero-order valence-corrected chi connectivity index (χ0v) is 13.2. The van der Waals surface area contributed by atoms with Crippen LogP contribution in [0.4, 0.5) is 5.95 Å². The van der Waals surface area contributed by atoms with Crippen molar-refractivity contribution >= 4 is 5.95 Å². The summed E-state index contributed by atoms with van der Waals surface area (Å²) in [5, 5.41) is 7.40. The van der Waals surface area contributed by atoms with Gasteiger partial charge in [-0.1, -0.05) is 5.16 Å². The van der Waals surface area contributed by atoms with Crippen LogP contribution >= 0.6 is 0 Å². The maximum Gasteiger partial charge on any atom is 0.222 e. The predicted molar refractivity (Wildman–Crippen MR) is 83.8 cm³/mol. The van der Waals surface area contributed by atoms with Crippen LogP contribution < -0.4 is 5.32 Å². The second kappa shape index (κ2) is 6.25. The Morgan fingerprint density at radius 3 is 2.96 bits per heavy atom. The molecule has 0 unspecified atom stereocenters. The van der Waals surface area contributed by atoms with Crippen LogP contribution in [-0.4, -0.2) is 52.4 Å². The number of hydrogen-bond acceptors (Lipinski definition) is 7. The number of fused-ring (bicyclic) bond motifs is 1. The highest BCUT2D eigenvalue weighted by Gasteiger charge is 2.43. The molecular formula is C16H21N5O2. The number of anilines is 1. The van der Waals surface area contributed by atoms with Crippen molar-refractivity contribution < 1.29 is 9.26 Å². The van der Waals surface area contributed by atoms with E-state index in [4.69, 9.17) is 9.26 Å². The zero-order chi connectivity index (χ0) is 15.6. The summed E-state index contributed by atoms with van der Waals surface area (Å²) in [4.78, 5) is 10.8. The Bertz CT molecular complexity index is 647. The maximum absolute atomic E-state index is 5.98. The van der Waals surface area contributed by atoms with Gasteiger partial charge in [0, 0.05) is 56.5 Å². The molecular weight excluding hydrogens is 294 g/mol. The molecule has 122 valence electrons. The van der Waals surface area contributed by atoms with Gasteiger partial charge in [-0.2, -0.15) is 0 Å². The average Bonchev–Trinajstić information content (AvgIpc) is 3.23. The Kier molecular flexibility index (Phi) is 3.97. The van der Waals surface area contributed by atoms with Gasteiger partial charge < -0.3 is 14.6 Å². The number of rotatable bonds is 5. The first-order chi connectivity index (χ1) is 11.3. The molecule has 7 nitrogen and oxygen atoms in total. The van der Waals surface area contributed by atoms with Gasteiger partial charge in [-0.05, 0) is 13.0 Å². The zero-order valence-electron chi connectivity index (χ0n) is 13.2. The molecule has 2 aromatic heterocycles. The highest BCUT2D eigenvalue weighted by atomic mass is 16.5. The minimum atomic E-state index is 0.325. The quantitative estimate of drug-likeness (QED) is 0.892. The van der Waals surface area contributed by atoms with Crippen LogP contribution in [-0.2, 0) is 11.3 Å². The van der Waals surface area contributed by atoms with E-state index in [0.29, 0.717) is 23.9 Å². The van der Waals surface area contributed by atoms with Crippen molar-refractivity contribution in [2.24, 2.45) is 11.8 Å². The predicted octanol–water partition coefficient (Wildman–Crippen LogP) is 1.33. The first kappa shape index (κ1) is 14.6. The topological polar surface area (TPSA) is 76.3 Å². The molecule has 2 saturated heterocycles. The third-order valence-electron chi connectivity index (χ3n) is 4.67. The number of aryl methyl sites for hydroxylation is 1. The van der Waals surface area contributed by atoms with Crippen LogP contribution in [0.15, 0.2) is 29.0 Å². The van der Waals surface area contributed by atoms with E-state index in [2.05, 4.69) is 25.3 Å². The third kappa shape index (κ3) is 3.20. The van der Waals surface area contributed by atoms with E-state index in [1.807, 2.05) is 19.1 Å². The molecule has 7 heteroatoms. The lowest BCUT2D eigenvalue weighted by molar-refractivity contribution is 0.0942. The van der Waals surface area contributed by atoms with Crippen molar-refractivity contribution in [2.45, 2.75) is 19.6 Å². The Morgan fingerprint density at radius 2 is 2.17 bits per heavy atom. The van der Waals surface area contributed by atoms with Gasteiger partial charge >= 0.3 is 0 Å². The van der Waals surface area contributed by atoms with E-state index in [1.165, 1.54) is 0 Å². The molecule has 0 aromatic carbocycles. The minimum Gasteiger partial charge on any atom is -0.376 e. The lowest BCUT2D eigenvalue weighted by atomic mass is 9.93. The fraction of sp³-hybridized carbons (Fsp3) is 0.562. The Hall–Kier alpha value is -1.99. The molecule has 3 atom stereocenters. The molecule has 0 saturated carbocycles. The number of likely N-dealkylation sites (tertiary alicyclic amines) is 1. The minimum absolute atomic E-state index is 0.325. The van der Waals surface area contributed by atoms with E-state index >= 15 is 0 Å². The normalized spacial score (nSPS) is 27.3. The number of ether oxygens (including phenoxy) is 1. The molecule has 2 aliphatic heterocycles. The molecule has 23 heavy (non-hydrogen) atoms. The molecule has 4 rings (SSSR count). The van der Waals surface area contributed by atoms with E-state index in [-0.39, 0.29) is 0 Å². The number of nitrogens with zero attached hydrogens (tertiary/aromatic N) is 4. The summed E-state index contributed by atoms with van der Waals surface area (Å²) >= 11 is 0. The fourth-order valence-corrected chi connectivity index (χ4v) is 3.55. The van der Waals surface area contributed by atoms with E-state index in [1.54, 1.807) is 12.4 Å². The highest BCUT2D eigenvalue weighted by Crippen LogP contribution is 2.34. The molecule has 0 bridgehead atoms. The lowest BCUT2D eigenvalue weighted by Crippen LogP contribution is -2.27. The Balaban J connectivity index is 1.32. The largest absolute Gasteiger partial charge is 0.376 e. The van der Waals surface area contributed by atoms with Crippen molar-refractivity contribution in [2.75, 3.05) is 31.6 Å². The van der Waals surface area contributed by atoms with Crippen molar-refractivity contribution in [3.63, 3.8) is 0 Å². The summed E-state index contributed by atoms with van der Waals surface area (Å²) in [5.74, 6) is 2.59. The second-order valence-corrected chi connectivity index (χ2v) is 6.37. The van der Waals surface area contributed by atoms with Crippen LogP contribution in [0.25, 0.3) is 0 Å². The Labute approximate surface area is 135 Å². The molecule has 4 heterocycles. The molecule has 0 spiro atoms. The second-order valence-electron chi connectivity index (χ2n) is 6.37. The molecule has 2 aromatic rings. The van der Waals surface area contributed by atoms with E-state index in [9.17, 15) is 0 Å². The van der Waals surface area contributed by atoms with Gasteiger partial charge in [0.2, 0.25) is 5.95 Å². The van der Waals surface area contributed by atoms with Crippen molar-refractivity contribution in [3.05, 3.63) is 36.0 Å². The number of hydrogen-bond donors (Lipinski definition) is 1. The number of nitrogens with one attached hydrogen (secondary N) is 1. The van der Waals surface area contributed by atoms with Gasteiger partial charge in [0.25, 0.3) is 0 Å². The fourth-order valence-electron chi connectivity index (χ4n) is 3.55. The molecule has 2 fully saturated rings. The average molecular weight is 315 g/mol. The van der Waals surface area contributed by atoms with Gasteiger partial charge in [0.15, 0.2) is 0 Å².